The Labute approximate surface area is 141 Å². The molecular weight excluding hydrogens is 308 g/mol. The van der Waals surface area contributed by atoms with E-state index in [0.717, 1.165) is 11.3 Å². The van der Waals surface area contributed by atoms with Crippen molar-refractivity contribution in [3.05, 3.63) is 47.9 Å². The highest BCUT2D eigenvalue weighted by atomic mass is 16.5. The average molecular weight is 330 g/mol. The zero-order chi connectivity index (χ0) is 17.0. The number of likely N-dealkylation sites (tertiary alicyclic amines) is 1. The SMILES string of the molecule is Cc1ccccc1OCC1(O)CCN(C(=O)CCc2ccno2)C1. The number of β-amino-alcohol motifs (C(OH)–C–C–N with tert-alkyl or cyclic N) is 1. The van der Waals surface area contributed by atoms with Crippen LogP contribution in [0.1, 0.15) is 24.2 Å². The number of amides is 1. The lowest BCUT2D eigenvalue weighted by Crippen LogP contribution is -2.40. The van der Waals surface area contributed by atoms with Gasteiger partial charge in [0.1, 0.15) is 23.7 Å². The summed E-state index contributed by atoms with van der Waals surface area (Å²) < 4.78 is 10.8. The van der Waals surface area contributed by atoms with E-state index in [0.29, 0.717) is 38.1 Å². The Kier molecular flexibility index (Phi) is 4.85. The van der Waals surface area contributed by atoms with Gasteiger partial charge in [0, 0.05) is 25.5 Å². The highest BCUT2D eigenvalue weighted by Gasteiger charge is 2.38. The van der Waals surface area contributed by atoms with Crippen molar-refractivity contribution < 1.29 is 19.2 Å². The summed E-state index contributed by atoms with van der Waals surface area (Å²) in [6, 6.07) is 9.45. The second-order valence-electron chi connectivity index (χ2n) is 6.32. The first-order valence-electron chi connectivity index (χ1n) is 8.14. The molecule has 0 aliphatic carbocycles. The maximum Gasteiger partial charge on any atom is 0.223 e. The van der Waals surface area contributed by atoms with Crippen LogP contribution in [-0.4, -0.2) is 46.4 Å². The molecule has 3 rings (SSSR count). The van der Waals surface area contributed by atoms with Crippen LogP contribution in [0.15, 0.2) is 41.1 Å². The predicted molar refractivity (Wildman–Crippen MR) is 87.6 cm³/mol. The van der Waals surface area contributed by atoms with Crippen LogP contribution in [0.2, 0.25) is 0 Å². The third-order valence-electron chi connectivity index (χ3n) is 4.35. The second kappa shape index (κ2) is 7.05. The van der Waals surface area contributed by atoms with Gasteiger partial charge in [-0.25, -0.2) is 0 Å². The van der Waals surface area contributed by atoms with E-state index in [2.05, 4.69) is 5.16 Å². The maximum absolute atomic E-state index is 12.3. The number of para-hydroxylation sites is 1. The van der Waals surface area contributed by atoms with Crippen LogP contribution < -0.4 is 4.74 Å². The van der Waals surface area contributed by atoms with Gasteiger partial charge < -0.3 is 19.3 Å². The third kappa shape index (κ3) is 3.94. The summed E-state index contributed by atoms with van der Waals surface area (Å²) >= 11 is 0. The van der Waals surface area contributed by atoms with Crippen LogP contribution in [-0.2, 0) is 11.2 Å². The van der Waals surface area contributed by atoms with Crippen molar-refractivity contribution in [3.8, 4) is 5.75 Å². The summed E-state index contributed by atoms with van der Waals surface area (Å²) in [5.41, 5.74) is 0.0311. The van der Waals surface area contributed by atoms with Gasteiger partial charge in [0.25, 0.3) is 0 Å². The predicted octanol–water partition coefficient (Wildman–Crippen LogP) is 1.96. The molecule has 1 amide bonds. The molecule has 1 fully saturated rings. The Morgan fingerprint density at radius 3 is 3.00 bits per heavy atom. The van der Waals surface area contributed by atoms with Gasteiger partial charge in [-0.05, 0) is 25.0 Å². The fourth-order valence-electron chi connectivity index (χ4n) is 2.88. The third-order valence-corrected chi connectivity index (χ3v) is 4.35. The summed E-state index contributed by atoms with van der Waals surface area (Å²) in [7, 11) is 0. The Morgan fingerprint density at radius 2 is 2.25 bits per heavy atom. The lowest BCUT2D eigenvalue weighted by atomic mass is 10.1. The van der Waals surface area contributed by atoms with Gasteiger partial charge in [-0.2, -0.15) is 0 Å². The number of aryl methyl sites for hydroxylation is 2. The quantitative estimate of drug-likeness (QED) is 0.876. The van der Waals surface area contributed by atoms with Gasteiger partial charge in [-0.15, -0.1) is 0 Å². The van der Waals surface area contributed by atoms with E-state index in [1.807, 2.05) is 31.2 Å². The van der Waals surface area contributed by atoms with Crippen LogP contribution in [0.5, 0.6) is 5.75 Å². The summed E-state index contributed by atoms with van der Waals surface area (Å²) in [6.07, 6.45) is 2.96. The molecule has 2 heterocycles. The summed E-state index contributed by atoms with van der Waals surface area (Å²) in [5, 5.41) is 14.3. The van der Waals surface area contributed by atoms with Gasteiger partial charge in [0.05, 0.1) is 12.7 Å². The van der Waals surface area contributed by atoms with Gasteiger partial charge in [0.2, 0.25) is 5.91 Å². The minimum absolute atomic E-state index is 0.0122. The number of carbonyl (C=O) groups excluding carboxylic acids is 1. The molecule has 0 spiro atoms. The Bertz CT molecular complexity index is 686. The number of carbonyl (C=O) groups is 1. The molecule has 1 unspecified atom stereocenters. The van der Waals surface area contributed by atoms with Crippen molar-refractivity contribution in [1.82, 2.24) is 10.1 Å². The van der Waals surface area contributed by atoms with E-state index in [9.17, 15) is 9.90 Å². The van der Waals surface area contributed by atoms with Crippen molar-refractivity contribution in [2.24, 2.45) is 0 Å². The lowest BCUT2D eigenvalue weighted by Gasteiger charge is -2.24. The smallest absolute Gasteiger partial charge is 0.223 e. The first-order chi connectivity index (χ1) is 11.6. The molecule has 0 saturated carbocycles. The molecule has 6 nitrogen and oxygen atoms in total. The molecule has 1 aromatic carbocycles. The molecule has 6 heteroatoms. The number of rotatable bonds is 6. The maximum atomic E-state index is 12.3. The van der Waals surface area contributed by atoms with Crippen LogP contribution in [0, 0.1) is 6.92 Å². The molecule has 0 radical (unpaired) electrons. The first-order valence-corrected chi connectivity index (χ1v) is 8.14. The number of benzene rings is 1. The molecule has 1 saturated heterocycles. The molecule has 1 aromatic heterocycles. The van der Waals surface area contributed by atoms with E-state index >= 15 is 0 Å². The minimum Gasteiger partial charge on any atom is -0.490 e. The van der Waals surface area contributed by atoms with Crippen LogP contribution >= 0.6 is 0 Å². The molecular formula is C18H22N2O4. The normalized spacial score (nSPS) is 20.3. The van der Waals surface area contributed by atoms with Crippen LogP contribution in [0.4, 0.5) is 0 Å². The zero-order valence-electron chi connectivity index (χ0n) is 13.8. The molecule has 2 aromatic rings. The fraction of sp³-hybridized carbons (Fsp3) is 0.444. The average Bonchev–Trinajstić information content (AvgIpc) is 3.22. The van der Waals surface area contributed by atoms with Crippen molar-refractivity contribution in [2.45, 2.75) is 31.8 Å². The minimum atomic E-state index is -0.996. The van der Waals surface area contributed by atoms with E-state index in [1.54, 1.807) is 17.2 Å². The molecule has 1 N–H and O–H groups in total. The molecule has 1 aliphatic rings. The number of aromatic nitrogens is 1. The zero-order valence-corrected chi connectivity index (χ0v) is 13.8. The largest absolute Gasteiger partial charge is 0.490 e. The Morgan fingerprint density at radius 1 is 1.42 bits per heavy atom. The Hall–Kier alpha value is -2.34. The molecule has 1 atom stereocenters. The monoisotopic (exact) mass is 330 g/mol. The van der Waals surface area contributed by atoms with Crippen molar-refractivity contribution in [3.63, 3.8) is 0 Å². The van der Waals surface area contributed by atoms with E-state index in [4.69, 9.17) is 9.26 Å². The number of ether oxygens (including phenoxy) is 1. The fourth-order valence-corrected chi connectivity index (χ4v) is 2.88. The van der Waals surface area contributed by atoms with Gasteiger partial charge in [0.15, 0.2) is 0 Å². The summed E-state index contributed by atoms with van der Waals surface area (Å²) in [6.45, 7) is 2.99. The Balaban J connectivity index is 1.50. The van der Waals surface area contributed by atoms with Gasteiger partial charge >= 0.3 is 0 Å². The number of hydrogen-bond acceptors (Lipinski definition) is 5. The lowest BCUT2D eigenvalue weighted by molar-refractivity contribution is -0.131. The van der Waals surface area contributed by atoms with Crippen molar-refractivity contribution in [2.75, 3.05) is 19.7 Å². The topological polar surface area (TPSA) is 75.8 Å². The van der Waals surface area contributed by atoms with E-state index in [1.165, 1.54) is 0 Å². The van der Waals surface area contributed by atoms with E-state index < -0.39 is 5.60 Å². The highest BCUT2D eigenvalue weighted by molar-refractivity contribution is 5.76. The van der Waals surface area contributed by atoms with Crippen LogP contribution in [0.3, 0.4) is 0 Å². The number of aliphatic hydroxyl groups is 1. The standard InChI is InChI=1S/C18H22N2O4/c1-14-4-2-3-5-16(14)23-13-18(22)9-11-20(12-18)17(21)7-6-15-8-10-19-24-15/h2-5,8,10,22H,6-7,9,11-13H2,1H3. The highest BCUT2D eigenvalue weighted by Crippen LogP contribution is 2.25. The molecule has 24 heavy (non-hydrogen) atoms. The second-order valence-corrected chi connectivity index (χ2v) is 6.32. The van der Waals surface area contributed by atoms with Gasteiger partial charge in [-0.3, -0.25) is 4.79 Å². The van der Waals surface area contributed by atoms with Crippen molar-refractivity contribution in [1.29, 1.82) is 0 Å². The number of hydrogen-bond donors (Lipinski definition) is 1. The molecule has 0 bridgehead atoms. The van der Waals surface area contributed by atoms with Gasteiger partial charge in [-0.1, -0.05) is 23.4 Å². The summed E-state index contributed by atoms with van der Waals surface area (Å²) in [4.78, 5) is 14.0. The molecule has 128 valence electrons. The van der Waals surface area contributed by atoms with Crippen molar-refractivity contribution >= 4 is 5.91 Å². The summed E-state index contributed by atoms with van der Waals surface area (Å²) in [5.74, 6) is 1.47. The van der Waals surface area contributed by atoms with Crippen LogP contribution in [0.25, 0.3) is 0 Å². The van der Waals surface area contributed by atoms with E-state index in [-0.39, 0.29) is 12.5 Å². The molecule has 1 aliphatic heterocycles. The number of nitrogens with zero attached hydrogens (tertiary/aromatic N) is 2. The first kappa shape index (κ1) is 16.5.